The van der Waals surface area contributed by atoms with Crippen molar-refractivity contribution in [3.8, 4) is 11.5 Å². The summed E-state index contributed by atoms with van der Waals surface area (Å²) in [4.78, 5) is 27.5. The first-order chi connectivity index (χ1) is 10.5. The van der Waals surface area contributed by atoms with Crippen molar-refractivity contribution in [2.45, 2.75) is 6.92 Å². The van der Waals surface area contributed by atoms with Crippen LogP contribution < -0.4 is 14.8 Å². The largest absolute Gasteiger partial charge is 0.495 e. The van der Waals surface area contributed by atoms with E-state index in [1.54, 1.807) is 17.5 Å². The van der Waals surface area contributed by atoms with E-state index in [9.17, 15) is 9.59 Å². The number of anilines is 1. The van der Waals surface area contributed by atoms with Crippen LogP contribution in [0.15, 0.2) is 22.0 Å². The third-order valence-corrected chi connectivity index (χ3v) is 4.33. The maximum Gasteiger partial charge on any atom is 0.257 e. The van der Waals surface area contributed by atoms with Crippen molar-refractivity contribution >= 4 is 44.1 Å². The number of hydrogen-bond acceptors (Lipinski definition) is 6. The molecule has 0 aliphatic rings. The second kappa shape index (κ2) is 6.89. The number of nitrogens with one attached hydrogen (secondary N) is 1. The van der Waals surface area contributed by atoms with Gasteiger partial charge in [0.25, 0.3) is 5.91 Å². The lowest BCUT2D eigenvalue weighted by Crippen LogP contribution is -2.12. The van der Waals surface area contributed by atoms with E-state index in [2.05, 4.69) is 26.2 Å². The smallest absolute Gasteiger partial charge is 0.257 e. The van der Waals surface area contributed by atoms with Crippen molar-refractivity contribution < 1.29 is 19.1 Å². The average molecular weight is 385 g/mol. The summed E-state index contributed by atoms with van der Waals surface area (Å²) in [5, 5.41) is 4.60. The molecule has 2 aromatic rings. The molecule has 0 bridgehead atoms. The third kappa shape index (κ3) is 3.45. The van der Waals surface area contributed by atoms with Gasteiger partial charge in [-0.15, -0.1) is 11.3 Å². The highest BCUT2D eigenvalue weighted by molar-refractivity contribution is 9.10. The molecular formula is C14H13BrN2O4S. The number of nitrogens with zero attached hydrogens (tertiary/aromatic N) is 1. The van der Waals surface area contributed by atoms with Crippen molar-refractivity contribution in [2.24, 2.45) is 0 Å². The first-order valence-corrected chi connectivity index (χ1v) is 7.83. The molecule has 0 unspecified atom stereocenters. The first kappa shape index (κ1) is 16.4. The fourth-order valence-corrected chi connectivity index (χ4v) is 2.96. The number of aromatic nitrogens is 1. The fourth-order valence-electron chi connectivity index (χ4n) is 1.66. The third-order valence-electron chi connectivity index (χ3n) is 2.79. The van der Waals surface area contributed by atoms with Gasteiger partial charge in [0, 0.05) is 17.9 Å². The Morgan fingerprint density at radius 2 is 1.82 bits per heavy atom. The molecule has 6 nitrogen and oxygen atoms in total. The predicted octanol–water partition coefficient (Wildman–Crippen LogP) is 3.38. The van der Waals surface area contributed by atoms with Gasteiger partial charge in [-0.1, -0.05) is 0 Å². The normalized spacial score (nSPS) is 10.2. The summed E-state index contributed by atoms with van der Waals surface area (Å²) in [5.41, 5.74) is 0.683. The lowest BCUT2D eigenvalue weighted by Gasteiger charge is -2.11. The van der Waals surface area contributed by atoms with Crippen LogP contribution in [0.5, 0.6) is 11.5 Å². The van der Waals surface area contributed by atoms with E-state index in [1.165, 1.54) is 32.5 Å². The number of hydrogen-bond donors (Lipinski definition) is 1. The molecule has 1 heterocycles. The average Bonchev–Trinajstić information content (AvgIpc) is 2.96. The van der Waals surface area contributed by atoms with Crippen molar-refractivity contribution in [3.05, 3.63) is 33.2 Å². The standard InChI is InChI=1S/C14H13BrN2O4S/c1-7(18)9-6-22-14(16-9)17-13(19)8-4-10(20-2)12(15)11(5-8)21-3/h4-6H,1-3H3,(H,16,17,19). The van der Waals surface area contributed by atoms with Gasteiger partial charge in [-0.2, -0.15) is 0 Å². The van der Waals surface area contributed by atoms with Gasteiger partial charge in [0.05, 0.1) is 14.2 Å². The number of methoxy groups -OCH3 is 2. The highest BCUT2D eigenvalue weighted by atomic mass is 79.9. The number of carbonyl (C=O) groups is 2. The molecule has 116 valence electrons. The Balaban J connectivity index is 2.26. The van der Waals surface area contributed by atoms with Crippen molar-refractivity contribution in [3.63, 3.8) is 0 Å². The van der Waals surface area contributed by atoms with Crippen LogP contribution in [-0.2, 0) is 0 Å². The van der Waals surface area contributed by atoms with E-state index in [0.717, 1.165) is 0 Å². The number of halogens is 1. The molecule has 0 aliphatic heterocycles. The maximum atomic E-state index is 12.3. The molecule has 0 atom stereocenters. The SMILES string of the molecule is COc1cc(C(=O)Nc2nc(C(C)=O)cs2)cc(OC)c1Br. The van der Waals surface area contributed by atoms with E-state index in [4.69, 9.17) is 9.47 Å². The predicted molar refractivity (Wildman–Crippen MR) is 87.3 cm³/mol. The van der Waals surface area contributed by atoms with Crippen LogP contribution in [0, 0.1) is 0 Å². The van der Waals surface area contributed by atoms with Crippen LogP contribution in [0.25, 0.3) is 0 Å². The van der Waals surface area contributed by atoms with Crippen LogP contribution in [0.2, 0.25) is 0 Å². The van der Waals surface area contributed by atoms with E-state index >= 15 is 0 Å². The van der Waals surface area contributed by atoms with Gasteiger partial charge in [-0.05, 0) is 28.1 Å². The summed E-state index contributed by atoms with van der Waals surface area (Å²) in [7, 11) is 3.00. The van der Waals surface area contributed by atoms with Gasteiger partial charge in [-0.25, -0.2) is 4.98 Å². The van der Waals surface area contributed by atoms with Gasteiger partial charge >= 0.3 is 0 Å². The van der Waals surface area contributed by atoms with Crippen LogP contribution in [0.1, 0.15) is 27.8 Å². The van der Waals surface area contributed by atoms with Gasteiger partial charge in [0.1, 0.15) is 21.7 Å². The summed E-state index contributed by atoms with van der Waals surface area (Å²) in [6.07, 6.45) is 0. The van der Waals surface area contributed by atoms with Crippen molar-refractivity contribution in [1.82, 2.24) is 4.98 Å². The monoisotopic (exact) mass is 384 g/mol. The molecule has 0 aliphatic carbocycles. The zero-order chi connectivity index (χ0) is 16.3. The number of ketones is 1. The Morgan fingerprint density at radius 3 is 2.27 bits per heavy atom. The molecule has 1 aromatic heterocycles. The summed E-state index contributed by atoms with van der Waals surface area (Å²) in [6, 6.07) is 3.17. The van der Waals surface area contributed by atoms with Gasteiger partial charge < -0.3 is 9.47 Å². The molecule has 1 aromatic carbocycles. The Bertz CT molecular complexity index is 704. The summed E-state index contributed by atoms with van der Waals surface area (Å²) >= 11 is 4.53. The highest BCUT2D eigenvalue weighted by Gasteiger charge is 2.16. The minimum absolute atomic E-state index is 0.149. The number of carbonyl (C=O) groups excluding carboxylic acids is 2. The zero-order valence-electron chi connectivity index (χ0n) is 12.1. The number of benzene rings is 1. The number of Topliss-reactive ketones (excluding diaryl/α,β-unsaturated/α-hetero) is 1. The quantitative estimate of drug-likeness (QED) is 0.799. The van der Waals surface area contributed by atoms with E-state index in [-0.39, 0.29) is 11.7 Å². The Morgan fingerprint density at radius 1 is 1.23 bits per heavy atom. The van der Waals surface area contributed by atoms with Gasteiger partial charge in [0.2, 0.25) is 0 Å². The molecule has 0 spiro atoms. The van der Waals surface area contributed by atoms with Gasteiger partial charge in [0.15, 0.2) is 10.9 Å². The Hall–Kier alpha value is -1.93. The Labute approximate surface area is 139 Å². The summed E-state index contributed by atoms with van der Waals surface area (Å²) in [5.74, 6) is 0.443. The van der Waals surface area contributed by atoms with E-state index in [0.29, 0.717) is 32.4 Å². The van der Waals surface area contributed by atoms with E-state index < -0.39 is 0 Å². The van der Waals surface area contributed by atoms with Crippen LogP contribution in [-0.4, -0.2) is 30.9 Å². The number of thiazole rings is 1. The molecule has 1 N–H and O–H groups in total. The van der Waals surface area contributed by atoms with Gasteiger partial charge in [-0.3, -0.25) is 14.9 Å². The molecule has 0 saturated heterocycles. The van der Waals surface area contributed by atoms with Crippen LogP contribution in [0.4, 0.5) is 5.13 Å². The molecule has 1 amide bonds. The van der Waals surface area contributed by atoms with E-state index in [1.807, 2.05) is 0 Å². The summed E-state index contributed by atoms with van der Waals surface area (Å²) < 4.78 is 11.0. The molecule has 0 fully saturated rings. The molecular weight excluding hydrogens is 372 g/mol. The van der Waals surface area contributed by atoms with Crippen LogP contribution >= 0.6 is 27.3 Å². The van der Waals surface area contributed by atoms with Crippen molar-refractivity contribution in [1.29, 1.82) is 0 Å². The molecule has 0 saturated carbocycles. The molecule has 8 heteroatoms. The Kier molecular flexibility index (Phi) is 5.15. The second-order valence-corrected chi connectivity index (χ2v) is 5.89. The number of ether oxygens (including phenoxy) is 2. The van der Waals surface area contributed by atoms with Crippen molar-refractivity contribution in [2.75, 3.05) is 19.5 Å². The molecule has 22 heavy (non-hydrogen) atoms. The number of rotatable bonds is 5. The summed E-state index contributed by atoms with van der Waals surface area (Å²) in [6.45, 7) is 1.42. The van der Waals surface area contributed by atoms with Crippen LogP contribution in [0.3, 0.4) is 0 Å². The topological polar surface area (TPSA) is 77.5 Å². The molecule has 0 radical (unpaired) electrons. The molecule has 2 rings (SSSR count). The number of amides is 1. The maximum absolute atomic E-state index is 12.3. The lowest BCUT2D eigenvalue weighted by atomic mass is 10.2. The highest BCUT2D eigenvalue weighted by Crippen LogP contribution is 2.35. The minimum atomic E-state index is -0.367. The lowest BCUT2D eigenvalue weighted by molar-refractivity contribution is 0.100. The first-order valence-electron chi connectivity index (χ1n) is 6.15. The minimum Gasteiger partial charge on any atom is -0.495 e. The zero-order valence-corrected chi connectivity index (χ0v) is 14.5. The fraction of sp³-hybridized carbons (Fsp3) is 0.214. The second-order valence-electron chi connectivity index (χ2n) is 4.24.